The van der Waals surface area contributed by atoms with E-state index >= 15 is 0 Å². The number of alkyl halides is 3. The predicted octanol–water partition coefficient (Wildman–Crippen LogP) is 4.66. The van der Waals surface area contributed by atoms with Crippen molar-refractivity contribution in [2.45, 2.75) is 6.18 Å². The van der Waals surface area contributed by atoms with Crippen molar-refractivity contribution >= 4 is 40.0 Å². The highest BCUT2D eigenvalue weighted by Crippen LogP contribution is 2.23. The van der Waals surface area contributed by atoms with Crippen LogP contribution < -0.4 is 5.32 Å². The van der Waals surface area contributed by atoms with E-state index in [1.54, 1.807) is 12.4 Å². The van der Waals surface area contributed by atoms with E-state index in [4.69, 9.17) is 21.5 Å². The van der Waals surface area contributed by atoms with E-state index < -0.39 is 12.1 Å². The van der Waals surface area contributed by atoms with Crippen LogP contribution >= 0.6 is 11.6 Å². The lowest BCUT2D eigenvalue weighted by Gasteiger charge is -2.07. The maximum Gasteiger partial charge on any atom is 0.490 e. The number of carboxylic acids is 1. The van der Waals surface area contributed by atoms with Crippen molar-refractivity contribution in [2.75, 3.05) is 5.32 Å². The summed E-state index contributed by atoms with van der Waals surface area (Å²) in [4.78, 5) is 17.6. The number of pyridine rings is 2. The van der Waals surface area contributed by atoms with Gasteiger partial charge in [-0.3, -0.25) is 4.98 Å². The summed E-state index contributed by atoms with van der Waals surface area (Å²) >= 11 is 5.95. The molecule has 0 aliphatic heterocycles. The zero-order valence-corrected chi connectivity index (χ0v) is 13.2. The molecule has 0 saturated carbocycles. The van der Waals surface area contributed by atoms with Gasteiger partial charge in [-0.2, -0.15) is 13.2 Å². The molecule has 3 aromatic rings. The molecule has 0 saturated heterocycles. The first-order valence-electron chi connectivity index (χ1n) is 6.80. The van der Waals surface area contributed by atoms with E-state index in [1.165, 1.54) is 0 Å². The number of fused-ring (bicyclic) bond motifs is 1. The monoisotopic (exact) mass is 369 g/mol. The molecule has 25 heavy (non-hydrogen) atoms. The summed E-state index contributed by atoms with van der Waals surface area (Å²) in [5.41, 5.74) is 1.74. The van der Waals surface area contributed by atoms with E-state index in [2.05, 4.69) is 15.3 Å². The number of nitrogens with zero attached hydrogens (tertiary/aromatic N) is 2. The van der Waals surface area contributed by atoms with Crippen LogP contribution in [0.15, 0.2) is 54.9 Å². The van der Waals surface area contributed by atoms with Gasteiger partial charge in [-0.15, -0.1) is 0 Å². The third kappa shape index (κ3) is 5.32. The van der Waals surface area contributed by atoms with Crippen molar-refractivity contribution in [2.24, 2.45) is 0 Å². The average Bonchev–Trinajstić information content (AvgIpc) is 2.55. The molecule has 0 aliphatic rings. The Balaban J connectivity index is 0.000000277. The second-order valence-corrected chi connectivity index (χ2v) is 5.11. The Morgan fingerprint density at radius 3 is 2.44 bits per heavy atom. The maximum atomic E-state index is 10.6. The number of halogens is 4. The summed E-state index contributed by atoms with van der Waals surface area (Å²) in [6, 6.07) is 13.4. The molecule has 0 spiro atoms. The lowest BCUT2D eigenvalue weighted by molar-refractivity contribution is -0.192. The van der Waals surface area contributed by atoms with Crippen LogP contribution in [0.2, 0.25) is 5.02 Å². The number of carbonyl (C=O) groups is 1. The highest BCUT2D eigenvalue weighted by atomic mass is 35.5. The SMILES string of the molecule is Clc1cccc(Nc2nccc3cccnc23)c1.O=C(O)C(F)(F)F. The fourth-order valence-corrected chi connectivity index (χ4v) is 1.99. The molecule has 1 aromatic carbocycles. The zero-order chi connectivity index (χ0) is 18.4. The lowest BCUT2D eigenvalue weighted by Crippen LogP contribution is -2.21. The molecule has 0 unspecified atom stereocenters. The number of aliphatic carboxylic acids is 1. The molecular formula is C16H11ClF3N3O2. The minimum absolute atomic E-state index is 0.688. The number of nitrogens with one attached hydrogen (secondary N) is 1. The second kappa shape index (κ2) is 7.80. The number of carboxylic acid groups (broad SMARTS) is 1. The third-order valence-corrected chi connectivity index (χ3v) is 3.09. The molecule has 3 rings (SSSR count). The van der Waals surface area contributed by atoms with E-state index in [0.717, 1.165) is 22.4 Å². The summed E-state index contributed by atoms with van der Waals surface area (Å²) in [5.74, 6) is -2.03. The van der Waals surface area contributed by atoms with Crippen molar-refractivity contribution < 1.29 is 23.1 Å². The van der Waals surface area contributed by atoms with E-state index in [0.29, 0.717) is 5.02 Å². The summed E-state index contributed by atoms with van der Waals surface area (Å²) in [6.07, 6.45) is -1.57. The van der Waals surface area contributed by atoms with Gasteiger partial charge in [0.1, 0.15) is 5.52 Å². The standard InChI is InChI=1S/C14H10ClN3.C2HF3O2/c15-11-4-1-5-12(9-11)18-14-13-10(6-8-17-14)3-2-7-16-13;3-2(4,5)1(6)7/h1-9H,(H,17,18);(H,6,7). The molecule has 0 fully saturated rings. The van der Waals surface area contributed by atoms with Crippen LogP contribution in [-0.2, 0) is 4.79 Å². The molecule has 2 N–H and O–H groups in total. The Morgan fingerprint density at radius 2 is 1.80 bits per heavy atom. The zero-order valence-electron chi connectivity index (χ0n) is 12.5. The van der Waals surface area contributed by atoms with Crippen LogP contribution in [0.25, 0.3) is 10.9 Å². The minimum Gasteiger partial charge on any atom is -0.475 e. The minimum atomic E-state index is -5.08. The lowest BCUT2D eigenvalue weighted by atomic mass is 10.2. The number of benzene rings is 1. The van der Waals surface area contributed by atoms with Gasteiger partial charge in [0.25, 0.3) is 0 Å². The molecule has 5 nitrogen and oxygen atoms in total. The quantitative estimate of drug-likeness (QED) is 0.687. The van der Waals surface area contributed by atoms with Gasteiger partial charge in [-0.1, -0.05) is 23.7 Å². The van der Waals surface area contributed by atoms with Gasteiger partial charge >= 0.3 is 12.1 Å². The summed E-state index contributed by atoms with van der Waals surface area (Å²) < 4.78 is 31.7. The Bertz CT molecular complexity index is 882. The summed E-state index contributed by atoms with van der Waals surface area (Å²) in [5, 5.41) is 12.1. The van der Waals surface area contributed by atoms with Gasteiger partial charge in [-0.05, 0) is 30.3 Å². The first-order chi connectivity index (χ1) is 11.8. The van der Waals surface area contributed by atoms with Crippen molar-refractivity contribution in [3.05, 3.63) is 59.9 Å². The van der Waals surface area contributed by atoms with E-state index in [1.807, 2.05) is 42.5 Å². The number of rotatable bonds is 2. The first-order valence-corrected chi connectivity index (χ1v) is 7.17. The van der Waals surface area contributed by atoms with Crippen LogP contribution in [-0.4, -0.2) is 27.2 Å². The fraction of sp³-hybridized carbons (Fsp3) is 0.0625. The Morgan fingerprint density at radius 1 is 1.08 bits per heavy atom. The molecule has 130 valence electrons. The molecule has 0 aliphatic carbocycles. The molecule has 0 amide bonds. The fourth-order valence-electron chi connectivity index (χ4n) is 1.80. The van der Waals surface area contributed by atoms with Gasteiger partial charge in [0.05, 0.1) is 0 Å². The van der Waals surface area contributed by atoms with Crippen LogP contribution in [0.5, 0.6) is 0 Å². The number of hydrogen-bond acceptors (Lipinski definition) is 4. The smallest absolute Gasteiger partial charge is 0.475 e. The molecule has 2 aromatic heterocycles. The highest BCUT2D eigenvalue weighted by Gasteiger charge is 2.38. The largest absolute Gasteiger partial charge is 0.490 e. The first kappa shape index (κ1) is 18.5. The van der Waals surface area contributed by atoms with Crippen molar-refractivity contribution in [1.82, 2.24) is 9.97 Å². The van der Waals surface area contributed by atoms with Crippen LogP contribution in [0, 0.1) is 0 Å². The molecule has 2 heterocycles. The Kier molecular flexibility index (Phi) is 5.76. The maximum absolute atomic E-state index is 10.6. The van der Waals surface area contributed by atoms with Gasteiger partial charge in [0.2, 0.25) is 0 Å². The normalized spacial score (nSPS) is 10.7. The topological polar surface area (TPSA) is 75.1 Å². The predicted molar refractivity (Wildman–Crippen MR) is 88.0 cm³/mol. The second-order valence-electron chi connectivity index (χ2n) is 4.67. The Labute approximate surface area is 145 Å². The van der Waals surface area contributed by atoms with Gasteiger partial charge in [-0.25, -0.2) is 9.78 Å². The molecule has 9 heteroatoms. The number of anilines is 2. The molecule has 0 atom stereocenters. The van der Waals surface area contributed by atoms with E-state index in [-0.39, 0.29) is 0 Å². The van der Waals surface area contributed by atoms with Crippen LogP contribution in [0.1, 0.15) is 0 Å². The van der Waals surface area contributed by atoms with Crippen molar-refractivity contribution in [3.8, 4) is 0 Å². The van der Waals surface area contributed by atoms with Crippen LogP contribution in [0.3, 0.4) is 0 Å². The third-order valence-electron chi connectivity index (χ3n) is 2.85. The molecule has 0 radical (unpaired) electrons. The van der Waals surface area contributed by atoms with Crippen molar-refractivity contribution in [3.63, 3.8) is 0 Å². The highest BCUT2D eigenvalue weighted by molar-refractivity contribution is 6.30. The molecule has 0 bridgehead atoms. The van der Waals surface area contributed by atoms with Crippen LogP contribution in [0.4, 0.5) is 24.7 Å². The number of aromatic nitrogens is 2. The summed E-state index contributed by atoms with van der Waals surface area (Å²) in [7, 11) is 0. The number of hydrogen-bond donors (Lipinski definition) is 2. The summed E-state index contributed by atoms with van der Waals surface area (Å²) in [6.45, 7) is 0. The van der Waals surface area contributed by atoms with Crippen molar-refractivity contribution in [1.29, 1.82) is 0 Å². The van der Waals surface area contributed by atoms with Gasteiger partial charge < -0.3 is 10.4 Å². The molecular weight excluding hydrogens is 359 g/mol. The van der Waals surface area contributed by atoms with E-state index in [9.17, 15) is 13.2 Å². The Hall–Kier alpha value is -2.87. The van der Waals surface area contributed by atoms with Gasteiger partial charge in [0.15, 0.2) is 5.82 Å². The van der Waals surface area contributed by atoms with Gasteiger partial charge in [0, 0.05) is 28.5 Å². The average molecular weight is 370 g/mol.